The first-order valence-corrected chi connectivity index (χ1v) is 11.3. The topological polar surface area (TPSA) is 74.6 Å². The first-order chi connectivity index (χ1) is 16.2. The quantitative estimate of drug-likeness (QED) is 0.513. The number of para-hydroxylation sites is 1. The number of amides is 1. The molecule has 0 spiro atoms. The van der Waals surface area contributed by atoms with E-state index in [-0.39, 0.29) is 13.2 Å². The third-order valence-electron chi connectivity index (χ3n) is 6.18. The SMILES string of the molecule is CC1(C)OB(C(=Cc2cnn(-c3ccccc3)c2)CNC(=O)OCc2ccccc2)OC1(C)C. The van der Waals surface area contributed by atoms with Crippen molar-refractivity contribution in [2.75, 3.05) is 6.54 Å². The number of ether oxygens (including phenoxy) is 1. The van der Waals surface area contributed by atoms with E-state index >= 15 is 0 Å². The Balaban J connectivity index is 1.49. The van der Waals surface area contributed by atoms with Crippen LogP contribution < -0.4 is 5.32 Å². The Bertz CT molecular complexity index is 1130. The van der Waals surface area contributed by atoms with Gasteiger partial charge in [-0.05, 0) is 50.9 Å². The summed E-state index contributed by atoms with van der Waals surface area (Å²) in [5, 5.41) is 7.29. The van der Waals surface area contributed by atoms with Crippen molar-refractivity contribution in [2.24, 2.45) is 0 Å². The summed E-state index contributed by atoms with van der Waals surface area (Å²) in [6.45, 7) is 8.41. The van der Waals surface area contributed by atoms with Crippen molar-refractivity contribution in [3.63, 3.8) is 0 Å². The molecule has 0 bridgehead atoms. The van der Waals surface area contributed by atoms with Gasteiger partial charge in [0.25, 0.3) is 0 Å². The number of nitrogens with zero attached hydrogens (tertiary/aromatic N) is 2. The second kappa shape index (κ2) is 9.87. The first-order valence-electron chi connectivity index (χ1n) is 11.3. The summed E-state index contributed by atoms with van der Waals surface area (Å²) in [7, 11) is -0.612. The molecular formula is C26H30BN3O4. The fourth-order valence-electron chi connectivity index (χ4n) is 3.49. The van der Waals surface area contributed by atoms with E-state index in [9.17, 15) is 4.79 Å². The molecule has 0 saturated carbocycles. The van der Waals surface area contributed by atoms with Crippen LogP contribution in [0.3, 0.4) is 0 Å². The summed E-state index contributed by atoms with van der Waals surface area (Å²) in [6, 6.07) is 19.4. The van der Waals surface area contributed by atoms with Crippen LogP contribution in [-0.4, -0.2) is 40.7 Å². The van der Waals surface area contributed by atoms with Crippen molar-refractivity contribution in [3.8, 4) is 5.69 Å². The number of nitrogens with one attached hydrogen (secondary N) is 1. The van der Waals surface area contributed by atoms with Gasteiger partial charge in [0.2, 0.25) is 0 Å². The molecule has 1 amide bonds. The van der Waals surface area contributed by atoms with Crippen molar-refractivity contribution in [3.05, 3.63) is 89.7 Å². The lowest BCUT2D eigenvalue weighted by atomic mass is 9.77. The molecule has 7 nitrogen and oxygen atoms in total. The minimum absolute atomic E-state index is 0.200. The summed E-state index contributed by atoms with van der Waals surface area (Å²) in [5.41, 5.74) is 2.52. The summed E-state index contributed by atoms with van der Waals surface area (Å²) < 4.78 is 19.6. The highest BCUT2D eigenvalue weighted by molar-refractivity contribution is 6.56. The van der Waals surface area contributed by atoms with Gasteiger partial charge in [0.05, 0.1) is 23.1 Å². The molecule has 1 saturated heterocycles. The number of hydrogen-bond donors (Lipinski definition) is 1. The van der Waals surface area contributed by atoms with Gasteiger partial charge in [0.1, 0.15) is 6.61 Å². The van der Waals surface area contributed by atoms with Gasteiger partial charge in [-0.2, -0.15) is 5.10 Å². The number of carbonyl (C=O) groups excluding carboxylic acids is 1. The maximum absolute atomic E-state index is 12.4. The van der Waals surface area contributed by atoms with Gasteiger partial charge in [-0.3, -0.25) is 0 Å². The lowest BCUT2D eigenvalue weighted by molar-refractivity contribution is 0.00578. The van der Waals surface area contributed by atoms with Crippen molar-refractivity contribution in [2.45, 2.75) is 45.5 Å². The minimum atomic E-state index is -0.612. The Kier molecular flexibility index (Phi) is 6.91. The van der Waals surface area contributed by atoms with Gasteiger partial charge in [-0.25, -0.2) is 9.48 Å². The predicted octanol–water partition coefficient (Wildman–Crippen LogP) is 4.81. The molecule has 0 radical (unpaired) electrons. The summed E-state index contributed by atoms with van der Waals surface area (Å²) in [4.78, 5) is 12.4. The summed E-state index contributed by atoms with van der Waals surface area (Å²) >= 11 is 0. The van der Waals surface area contributed by atoms with E-state index < -0.39 is 24.4 Å². The van der Waals surface area contributed by atoms with Crippen molar-refractivity contribution >= 4 is 19.3 Å². The van der Waals surface area contributed by atoms with Crippen LogP contribution in [0.5, 0.6) is 0 Å². The van der Waals surface area contributed by atoms with E-state index in [2.05, 4.69) is 10.4 Å². The maximum Gasteiger partial charge on any atom is 0.492 e. The monoisotopic (exact) mass is 459 g/mol. The van der Waals surface area contributed by atoms with Crippen LogP contribution in [0.2, 0.25) is 0 Å². The molecule has 1 N–H and O–H groups in total. The smallest absolute Gasteiger partial charge is 0.445 e. The van der Waals surface area contributed by atoms with E-state index in [1.54, 1.807) is 10.9 Å². The lowest BCUT2D eigenvalue weighted by Crippen LogP contribution is -2.41. The van der Waals surface area contributed by atoms with E-state index in [0.717, 1.165) is 22.3 Å². The van der Waals surface area contributed by atoms with Crippen LogP contribution in [-0.2, 0) is 20.7 Å². The lowest BCUT2D eigenvalue weighted by Gasteiger charge is -2.32. The fraction of sp³-hybridized carbons (Fsp3) is 0.308. The average Bonchev–Trinajstić information content (AvgIpc) is 3.37. The van der Waals surface area contributed by atoms with Crippen LogP contribution in [0, 0.1) is 0 Å². The molecule has 1 aromatic heterocycles. The standard InChI is InChI=1S/C26H30BN3O4/c1-25(2)26(3,4)34-27(33-25)22(17-28-24(31)32-19-20-11-7-5-8-12-20)15-21-16-29-30(18-21)23-13-9-6-10-14-23/h5-16,18H,17,19H2,1-4H3,(H,28,31). The first kappa shape index (κ1) is 23.8. The van der Waals surface area contributed by atoms with Gasteiger partial charge in [0, 0.05) is 18.3 Å². The molecule has 0 atom stereocenters. The number of alkyl carbamates (subject to hydrolysis) is 1. The number of aromatic nitrogens is 2. The van der Waals surface area contributed by atoms with Crippen LogP contribution in [0.25, 0.3) is 11.8 Å². The van der Waals surface area contributed by atoms with Crippen molar-refractivity contribution in [1.29, 1.82) is 0 Å². The summed E-state index contributed by atoms with van der Waals surface area (Å²) in [6.07, 6.45) is 5.12. The van der Waals surface area contributed by atoms with Gasteiger partial charge >= 0.3 is 13.2 Å². The predicted molar refractivity (Wildman–Crippen MR) is 132 cm³/mol. The third-order valence-corrected chi connectivity index (χ3v) is 6.18. The van der Waals surface area contributed by atoms with Gasteiger partial charge < -0.3 is 19.4 Å². The molecule has 4 rings (SSSR count). The van der Waals surface area contributed by atoms with Crippen LogP contribution in [0.1, 0.15) is 38.8 Å². The highest BCUT2D eigenvalue weighted by Gasteiger charge is 2.52. The molecule has 1 fully saturated rings. The van der Waals surface area contributed by atoms with E-state index in [1.165, 1.54) is 0 Å². The highest BCUT2D eigenvalue weighted by Crippen LogP contribution is 2.38. The molecule has 2 heterocycles. The van der Waals surface area contributed by atoms with E-state index in [4.69, 9.17) is 14.0 Å². The highest BCUT2D eigenvalue weighted by atomic mass is 16.7. The number of benzene rings is 2. The maximum atomic E-state index is 12.4. The molecular weight excluding hydrogens is 429 g/mol. The Labute approximate surface area is 200 Å². The molecule has 0 unspecified atom stereocenters. The van der Waals surface area contributed by atoms with E-state index in [1.807, 2.05) is 101 Å². The van der Waals surface area contributed by atoms with E-state index in [0.29, 0.717) is 0 Å². The van der Waals surface area contributed by atoms with Gasteiger partial charge in [0.15, 0.2) is 0 Å². The molecule has 0 aliphatic carbocycles. The molecule has 2 aromatic carbocycles. The molecule has 34 heavy (non-hydrogen) atoms. The summed E-state index contributed by atoms with van der Waals surface area (Å²) in [5.74, 6) is 0. The molecule has 176 valence electrons. The van der Waals surface area contributed by atoms with Crippen LogP contribution in [0.15, 0.2) is 78.5 Å². The fourth-order valence-corrected chi connectivity index (χ4v) is 3.49. The second-order valence-electron chi connectivity index (χ2n) is 9.28. The Morgan fingerprint density at radius 1 is 1.03 bits per heavy atom. The second-order valence-corrected chi connectivity index (χ2v) is 9.28. The molecule has 1 aliphatic rings. The van der Waals surface area contributed by atoms with Gasteiger partial charge in [-0.15, -0.1) is 0 Å². The normalized spacial score (nSPS) is 16.9. The Morgan fingerprint density at radius 3 is 2.29 bits per heavy atom. The van der Waals surface area contributed by atoms with Crippen LogP contribution >= 0.6 is 0 Å². The molecule has 1 aliphatic heterocycles. The third kappa shape index (κ3) is 5.58. The zero-order valence-electron chi connectivity index (χ0n) is 20.0. The van der Waals surface area contributed by atoms with Gasteiger partial charge in [-0.1, -0.05) is 54.6 Å². The van der Waals surface area contributed by atoms with Crippen molar-refractivity contribution in [1.82, 2.24) is 15.1 Å². The Hall–Kier alpha value is -3.36. The minimum Gasteiger partial charge on any atom is -0.445 e. The Morgan fingerprint density at radius 2 is 1.65 bits per heavy atom. The number of rotatable bonds is 7. The van der Waals surface area contributed by atoms with Crippen molar-refractivity contribution < 1.29 is 18.8 Å². The zero-order chi connectivity index (χ0) is 24.2. The largest absolute Gasteiger partial charge is 0.492 e. The molecule has 8 heteroatoms. The average molecular weight is 459 g/mol. The van der Waals surface area contributed by atoms with Crippen LogP contribution in [0.4, 0.5) is 4.79 Å². The number of carbonyl (C=O) groups is 1. The number of hydrogen-bond acceptors (Lipinski definition) is 5. The zero-order valence-corrected chi connectivity index (χ0v) is 20.0. The molecule has 3 aromatic rings.